The highest BCUT2D eigenvalue weighted by Crippen LogP contribution is 2.52. The number of hydrogen-bond donors (Lipinski definition) is 1. The number of likely N-dealkylation sites (N-methyl/N-ethyl adjacent to an activating group) is 1. The van der Waals surface area contributed by atoms with Gasteiger partial charge in [0.15, 0.2) is 27.0 Å². The van der Waals surface area contributed by atoms with Gasteiger partial charge in [-0.15, -0.1) is 0 Å². The molecule has 2 N–H and O–H groups in total. The molecule has 3 aromatic rings. The zero-order chi connectivity index (χ0) is 23.4. The van der Waals surface area contributed by atoms with Gasteiger partial charge in [0, 0.05) is 19.0 Å². The van der Waals surface area contributed by atoms with Crippen LogP contribution in [0, 0.1) is 6.57 Å². The van der Waals surface area contributed by atoms with Gasteiger partial charge in [0.1, 0.15) is 0 Å². The Morgan fingerprint density at radius 2 is 1.79 bits per heavy atom. The van der Waals surface area contributed by atoms with Gasteiger partial charge in [-0.05, 0) is 34.9 Å². The molecule has 5 rings (SSSR count). The summed E-state index contributed by atoms with van der Waals surface area (Å²) in [4.78, 5) is 22.9. The zero-order valence-corrected chi connectivity index (χ0v) is 18.6. The smallest absolute Gasteiger partial charge is 0.261 e. The number of guanidine groups is 1. The molecular formula is C25H20N4O3S. The highest BCUT2D eigenvalue weighted by atomic mass is 32.2. The summed E-state index contributed by atoms with van der Waals surface area (Å²) >= 11 is 0. The van der Waals surface area contributed by atoms with E-state index in [0.29, 0.717) is 22.4 Å². The fraction of sp³-hybridized carbons (Fsp3) is 0.160. The van der Waals surface area contributed by atoms with E-state index in [0.717, 1.165) is 5.56 Å². The van der Waals surface area contributed by atoms with Gasteiger partial charge in [0.05, 0.1) is 16.7 Å². The predicted molar refractivity (Wildman–Crippen MR) is 125 cm³/mol. The molecule has 1 amide bonds. The maximum Gasteiger partial charge on any atom is 0.261 e. The second-order valence-electron chi connectivity index (χ2n) is 8.22. The third-order valence-electron chi connectivity index (χ3n) is 6.37. The number of carbonyl (C=O) groups is 1. The van der Waals surface area contributed by atoms with Gasteiger partial charge >= 0.3 is 0 Å². The number of hydrogen-bond acceptors (Lipinski definition) is 5. The Morgan fingerprint density at radius 3 is 2.45 bits per heavy atom. The molecule has 0 aliphatic carbocycles. The van der Waals surface area contributed by atoms with Gasteiger partial charge in [-0.1, -0.05) is 54.6 Å². The molecule has 2 atom stereocenters. The van der Waals surface area contributed by atoms with E-state index in [1.165, 1.54) is 4.90 Å². The first-order valence-corrected chi connectivity index (χ1v) is 11.9. The second kappa shape index (κ2) is 7.29. The number of nitrogens with two attached hydrogens (primary N) is 1. The molecule has 7 nitrogen and oxygen atoms in total. The summed E-state index contributed by atoms with van der Waals surface area (Å²) in [5.74, 6) is -0.304. The van der Waals surface area contributed by atoms with Crippen molar-refractivity contribution in [3.8, 4) is 11.1 Å². The van der Waals surface area contributed by atoms with Gasteiger partial charge < -0.3 is 5.73 Å². The van der Waals surface area contributed by atoms with Crippen LogP contribution in [0.25, 0.3) is 16.0 Å². The van der Waals surface area contributed by atoms with E-state index in [1.54, 1.807) is 67.7 Å². The summed E-state index contributed by atoms with van der Waals surface area (Å²) in [6, 6.07) is 20.9. The SMILES string of the molecule is [C-]#[N+]c1cccc(-c2ccc3c(c2)C2(CC(c4ccccc4)S3(=O)=O)N=C(N)N(C)C2=O)c1. The summed E-state index contributed by atoms with van der Waals surface area (Å²) in [7, 11) is -2.26. The highest BCUT2D eigenvalue weighted by molar-refractivity contribution is 7.91. The van der Waals surface area contributed by atoms with Gasteiger partial charge in [0.2, 0.25) is 0 Å². The Hall–Kier alpha value is -3.96. The van der Waals surface area contributed by atoms with Crippen LogP contribution in [0.15, 0.2) is 82.7 Å². The largest absolute Gasteiger partial charge is 0.369 e. The summed E-state index contributed by atoms with van der Waals surface area (Å²) in [6.45, 7) is 7.28. The number of nitrogens with zero attached hydrogens (tertiary/aromatic N) is 3. The maximum absolute atomic E-state index is 13.7. The lowest BCUT2D eigenvalue weighted by atomic mass is 9.82. The molecule has 1 spiro atoms. The van der Waals surface area contributed by atoms with Crippen LogP contribution in [0.1, 0.15) is 22.8 Å². The van der Waals surface area contributed by atoms with Gasteiger partial charge in [-0.25, -0.2) is 18.3 Å². The number of carbonyl (C=O) groups excluding carboxylic acids is 1. The van der Waals surface area contributed by atoms with Crippen LogP contribution in [0.2, 0.25) is 0 Å². The Balaban J connectivity index is 1.78. The Kier molecular flexibility index (Phi) is 4.62. The number of fused-ring (bicyclic) bond motifs is 2. The van der Waals surface area contributed by atoms with Crippen LogP contribution in [0.3, 0.4) is 0 Å². The van der Waals surface area contributed by atoms with Crippen molar-refractivity contribution >= 4 is 27.4 Å². The number of benzene rings is 3. The predicted octanol–water partition coefficient (Wildman–Crippen LogP) is 3.81. The topological polar surface area (TPSA) is 97.2 Å². The molecule has 3 aromatic carbocycles. The molecule has 2 heterocycles. The average Bonchev–Trinajstić information content (AvgIpc) is 3.06. The minimum absolute atomic E-state index is 0.0399. The van der Waals surface area contributed by atoms with Crippen LogP contribution < -0.4 is 5.73 Å². The van der Waals surface area contributed by atoms with Crippen molar-refractivity contribution in [2.24, 2.45) is 10.7 Å². The average molecular weight is 457 g/mol. The van der Waals surface area contributed by atoms with Crippen molar-refractivity contribution in [2.45, 2.75) is 22.1 Å². The number of rotatable bonds is 2. The summed E-state index contributed by atoms with van der Waals surface area (Å²) < 4.78 is 27.4. The van der Waals surface area contributed by atoms with Crippen molar-refractivity contribution in [1.82, 2.24) is 4.90 Å². The molecule has 2 aliphatic heterocycles. The first-order chi connectivity index (χ1) is 15.8. The molecular weight excluding hydrogens is 436 g/mol. The first-order valence-electron chi connectivity index (χ1n) is 10.3. The Bertz CT molecular complexity index is 1470. The van der Waals surface area contributed by atoms with E-state index in [2.05, 4.69) is 9.84 Å². The molecule has 0 saturated heterocycles. The van der Waals surface area contributed by atoms with E-state index in [1.807, 2.05) is 12.1 Å². The van der Waals surface area contributed by atoms with Crippen molar-refractivity contribution < 1.29 is 13.2 Å². The fourth-order valence-corrected chi connectivity index (χ4v) is 6.72. The summed E-state index contributed by atoms with van der Waals surface area (Å²) in [5, 5.41) is -0.936. The highest BCUT2D eigenvalue weighted by Gasteiger charge is 2.56. The quantitative estimate of drug-likeness (QED) is 0.593. The van der Waals surface area contributed by atoms with E-state index < -0.39 is 20.6 Å². The van der Waals surface area contributed by atoms with E-state index in [4.69, 9.17) is 12.3 Å². The normalized spacial score (nSPS) is 23.2. The van der Waals surface area contributed by atoms with Crippen molar-refractivity contribution in [1.29, 1.82) is 0 Å². The van der Waals surface area contributed by atoms with Gasteiger partial charge in [-0.2, -0.15) is 0 Å². The third kappa shape index (κ3) is 3.04. The molecule has 0 aromatic heterocycles. The Labute approximate surface area is 191 Å². The van der Waals surface area contributed by atoms with Crippen LogP contribution in [-0.2, 0) is 20.2 Å². The van der Waals surface area contributed by atoms with E-state index >= 15 is 0 Å². The fourth-order valence-electron chi connectivity index (χ4n) is 4.65. The number of amides is 1. The van der Waals surface area contributed by atoms with E-state index in [-0.39, 0.29) is 23.2 Å². The van der Waals surface area contributed by atoms with Crippen molar-refractivity contribution in [3.63, 3.8) is 0 Å². The molecule has 0 saturated carbocycles. The molecule has 0 fully saturated rings. The monoisotopic (exact) mass is 456 g/mol. The number of aliphatic imine (C=N–C) groups is 1. The molecule has 2 unspecified atom stereocenters. The Morgan fingerprint density at radius 1 is 1.06 bits per heavy atom. The molecule has 0 bridgehead atoms. The maximum atomic E-state index is 13.7. The lowest BCUT2D eigenvalue weighted by Gasteiger charge is -2.36. The van der Waals surface area contributed by atoms with Gasteiger partial charge in [-0.3, -0.25) is 9.69 Å². The van der Waals surface area contributed by atoms with Gasteiger partial charge in [0.25, 0.3) is 5.91 Å². The zero-order valence-electron chi connectivity index (χ0n) is 17.8. The van der Waals surface area contributed by atoms with Crippen LogP contribution in [0.4, 0.5) is 5.69 Å². The molecule has 164 valence electrons. The standard InChI is InChI=1S/C25H20N4O3S/c1-27-19-10-6-9-17(13-19)18-11-12-21-20(14-18)25(23(30)29(2)24(26)28-25)15-22(33(21,31)32)16-7-4-3-5-8-16/h3-14,22H,15H2,2H3,(H2,26,28). The van der Waals surface area contributed by atoms with Crippen molar-refractivity contribution in [3.05, 3.63) is 95.3 Å². The number of sulfone groups is 1. The molecule has 33 heavy (non-hydrogen) atoms. The first kappa shape index (κ1) is 20.9. The molecule has 0 radical (unpaired) electrons. The third-order valence-corrected chi connectivity index (χ3v) is 8.53. The van der Waals surface area contributed by atoms with Crippen molar-refractivity contribution in [2.75, 3.05) is 7.05 Å². The summed E-state index contributed by atoms with van der Waals surface area (Å²) in [5.41, 5.74) is 7.44. The van der Waals surface area contributed by atoms with Crippen LogP contribution in [0.5, 0.6) is 0 Å². The minimum Gasteiger partial charge on any atom is -0.369 e. The minimum atomic E-state index is -3.80. The van der Waals surface area contributed by atoms with Crippen LogP contribution >= 0.6 is 0 Å². The molecule has 2 aliphatic rings. The lowest BCUT2D eigenvalue weighted by Crippen LogP contribution is -2.44. The molecule has 8 heteroatoms. The lowest BCUT2D eigenvalue weighted by molar-refractivity contribution is -0.131. The van der Waals surface area contributed by atoms with E-state index in [9.17, 15) is 13.2 Å². The second-order valence-corrected chi connectivity index (χ2v) is 10.3. The summed E-state index contributed by atoms with van der Waals surface area (Å²) in [6.07, 6.45) is -0.0399. The van der Waals surface area contributed by atoms with Crippen LogP contribution in [-0.4, -0.2) is 32.2 Å².